The number of rotatable bonds is 4. The Morgan fingerprint density at radius 3 is 2.33 bits per heavy atom. The summed E-state index contributed by atoms with van der Waals surface area (Å²) in [5, 5.41) is 0. The summed E-state index contributed by atoms with van der Waals surface area (Å²) >= 11 is 0. The lowest BCUT2D eigenvalue weighted by Crippen LogP contribution is -2.31. The zero-order valence-electron chi connectivity index (χ0n) is 8.14. The van der Waals surface area contributed by atoms with Crippen LogP contribution in [0.1, 0.15) is 27.7 Å². The van der Waals surface area contributed by atoms with Crippen LogP contribution in [0, 0.1) is 0 Å². The third kappa shape index (κ3) is 4.13. The van der Waals surface area contributed by atoms with E-state index in [2.05, 4.69) is 6.58 Å². The Bertz CT molecular complexity index is 182. The Labute approximate surface area is 73.4 Å². The van der Waals surface area contributed by atoms with Gasteiger partial charge in [-0.15, -0.1) is 0 Å². The molecule has 0 saturated carbocycles. The number of esters is 1. The highest BCUT2D eigenvalue weighted by Crippen LogP contribution is 2.12. The second-order valence-electron chi connectivity index (χ2n) is 3.00. The molecule has 0 unspecified atom stereocenters. The first-order valence-electron chi connectivity index (χ1n) is 3.92. The quantitative estimate of drug-likeness (QED) is 0.369. The highest BCUT2D eigenvalue weighted by molar-refractivity contribution is 5.87. The molecule has 0 aromatic carbocycles. The Morgan fingerprint density at radius 2 is 2.00 bits per heavy atom. The molecule has 0 saturated heterocycles. The van der Waals surface area contributed by atoms with Gasteiger partial charge in [0.05, 0.1) is 0 Å². The second-order valence-corrected chi connectivity index (χ2v) is 3.00. The van der Waals surface area contributed by atoms with Crippen LogP contribution >= 0.6 is 0 Å². The van der Waals surface area contributed by atoms with Crippen LogP contribution in [0.2, 0.25) is 0 Å². The van der Waals surface area contributed by atoms with Gasteiger partial charge in [0, 0.05) is 26.0 Å². The third-order valence-electron chi connectivity index (χ3n) is 1.18. The first-order valence-corrected chi connectivity index (χ1v) is 3.92. The molecule has 0 aliphatic heterocycles. The van der Waals surface area contributed by atoms with Gasteiger partial charge >= 0.3 is 5.97 Å². The van der Waals surface area contributed by atoms with Crippen molar-refractivity contribution < 1.29 is 14.3 Å². The molecule has 12 heavy (non-hydrogen) atoms. The summed E-state index contributed by atoms with van der Waals surface area (Å²) in [6.45, 7) is 10.8. The van der Waals surface area contributed by atoms with Crippen LogP contribution in [0.4, 0.5) is 0 Å². The summed E-state index contributed by atoms with van der Waals surface area (Å²) in [6.07, 6.45) is 0. The van der Waals surface area contributed by atoms with Crippen molar-refractivity contribution in [2.24, 2.45) is 0 Å². The van der Waals surface area contributed by atoms with Crippen molar-refractivity contribution >= 4 is 5.97 Å². The third-order valence-corrected chi connectivity index (χ3v) is 1.18. The van der Waals surface area contributed by atoms with E-state index in [0.717, 1.165) is 0 Å². The van der Waals surface area contributed by atoms with Gasteiger partial charge in [-0.2, -0.15) is 0 Å². The van der Waals surface area contributed by atoms with E-state index in [1.807, 2.05) is 6.92 Å². The largest absolute Gasteiger partial charge is 0.430 e. The Hall–Kier alpha value is -0.830. The molecule has 0 fully saturated rings. The van der Waals surface area contributed by atoms with Gasteiger partial charge < -0.3 is 9.47 Å². The first kappa shape index (κ1) is 11.2. The molecule has 3 nitrogen and oxygen atoms in total. The van der Waals surface area contributed by atoms with Crippen LogP contribution in [0.5, 0.6) is 0 Å². The molecule has 0 amide bonds. The van der Waals surface area contributed by atoms with E-state index in [1.54, 1.807) is 20.8 Å². The molecular weight excluding hydrogens is 156 g/mol. The molecule has 0 aromatic rings. The zero-order valence-corrected chi connectivity index (χ0v) is 8.14. The van der Waals surface area contributed by atoms with Crippen molar-refractivity contribution in [1.82, 2.24) is 0 Å². The summed E-state index contributed by atoms with van der Waals surface area (Å²) in [5.74, 6) is -1.28. The van der Waals surface area contributed by atoms with E-state index in [1.165, 1.54) is 0 Å². The van der Waals surface area contributed by atoms with E-state index in [-0.39, 0.29) is 0 Å². The average Bonchev–Trinajstić information content (AvgIpc) is 1.85. The van der Waals surface area contributed by atoms with E-state index in [9.17, 15) is 4.79 Å². The summed E-state index contributed by atoms with van der Waals surface area (Å²) in [5.41, 5.74) is 0.378. The molecule has 0 atom stereocenters. The van der Waals surface area contributed by atoms with Crippen LogP contribution in [0.3, 0.4) is 0 Å². The molecule has 0 heterocycles. The lowest BCUT2D eigenvalue weighted by molar-refractivity contribution is -0.210. The van der Waals surface area contributed by atoms with Gasteiger partial charge in [0.1, 0.15) is 0 Å². The number of ether oxygens (including phenoxy) is 2. The second kappa shape index (κ2) is 4.26. The predicted molar refractivity (Wildman–Crippen MR) is 46.6 cm³/mol. The minimum atomic E-state index is -0.856. The number of hydrogen-bond donors (Lipinski definition) is 0. The molecule has 0 aliphatic rings. The maximum atomic E-state index is 11.0. The molecule has 0 bridgehead atoms. The first-order chi connectivity index (χ1) is 5.39. The fourth-order valence-corrected chi connectivity index (χ4v) is 0.687. The lowest BCUT2D eigenvalue weighted by atomic mass is 10.3. The maximum Gasteiger partial charge on any atom is 0.335 e. The lowest BCUT2D eigenvalue weighted by Gasteiger charge is -2.24. The van der Waals surface area contributed by atoms with Crippen LogP contribution in [-0.4, -0.2) is 18.4 Å². The van der Waals surface area contributed by atoms with Crippen molar-refractivity contribution in [3.8, 4) is 0 Å². The SMILES string of the molecule is C=C(C)C(=O)OC(C)(C)OCC. The molecular formula is C9H16O3. The summed E-state index contributed by atoms with van der Waals surface area (Å²) in [6, 6.07) is 0. The molecule has 0 N–H and O–H groups in total. The highest BCUT2D eigenvalue weighted by atomic mass is 16.7. The smallest absolute Gasteiger partial charge is 0.335 e. The predicted octanol–water partition coefficient (Wildman–Crippen LogP) is 1.88. The van der Waals surface area contributed by atoms with Crippen LogP contribution in [-0.2, 0) is 14.3 Å². The fourth-order valence-electron chi connectivity index (χ4n) is 0.687. The molecule has 0 rings (SSSR count). The zero-order chi connectivity index (χ0) is 9.78. The van der Waals surface area contributed by atoms with Gasteiger partial charge in [-0.05, 0) is 13.8 Å². The van der Waals surface area contributed by atoms with Crippen LogP contribution in [0.15, 0.2) is 12.2 Å². The monoisotopic (exact) mass is 172 g/mol. The Morgan fingerprint density at radius 1 is 1.50 bits per heavy atom. The van der Waals surface area contributed by atoms with Crippen molar-refractivity contribution in [2.75, 3.05) is 6.61 Å². The van der Waals surface area contributed by atoms with Gasteiger partial charge in [0.25, 0.3) is 0 Å². The Balaban J connectivity index is 4.05. The molecule has 0 spiro atoms. The normalized spacial score (nSPS) is 11.0. The maximum absolute atomic E-state index is 11.0. The molecule has 3 heteroatoms. The van der Waals surface area contributed by atoms with Crippen molar-refractivity contribution in [2.45, 2.75) is 33.5 Å². The molecule has 0 aliphatic carbocycles. The van der Waals surface area contributed by atoms with Crippen molar-refractivity contribution in [3.05, 3.63) is 12.2 Å². The topological polar surface area (TPSA) is 35.5 Å². The number of carbonyl (C=O) groups excluding carboxylic acids is 1. The van der Waals surface area contributed by atoms with E-state index in [0.29, 0.717) is 12.2 Å². The highest BCUT2D eigenvalue weighted by Gasteiger charge is 2.22. The van der Waals surface area contributed by atoms with E-state index >= 15 is 0 Å². The average molecular weight is 172 g/mol. The fraction of sp³-hybridized carbons (Fsp3) is 0.667. The molecule has 0 aromatic heterocycles. The van der Waals surface area contributed by atoms with E-state index in [4.69, 9.17) is 9.47 Å². The van der Waals surface area contributed by atoms with E-state index < -0.39 is 11.8 Å². The van der Waals surface area contributed by atoms with Crippen LogP contribution < -0.4 is 0 Å². The van der Waals surface area contributed by atoms with Gasteiger partial charge in [-0.3, -0.25) is 0 Å². The Kier molecular flexibility index (Phi) is 3.96. The molecule has 0 radical (unpaired) electrons. The summed E-state index contributed by atoms with van der Waals surface area (Å²) in [7, 11) is 0. The summed E-state index contributed by atoms with van der Waals surface area (Å²) in [4.78, 5) is 11.0. The van der Waals surface area contributed by atoms with Gasteiger partial charge in [-0.1, -0.05) is 6.58 Å². The van der Waals surface area contributed by atoms with Gasteiger partial charge in [-0.25, -0.2) is 4.79 Å². The number of carbonyl (C=O) groups is 1. The van der Waals surface area contributed by atoms with Gasteiger partial charge in [0.15, 0.2) is 0 Å². The minimum absolute atomic E-state index is 0.378. The number of hydrogen-bond acceptors (Lipinski definition) is 3. The standard InChI is InChI=1S/C9H16O3/c1-6-11-9(4,5)12-8(10)7(2)3/h2,6H2,1,3-5H3. The van der Waals surface area contributed by atoms with Gasteiger partial charge in [0.2, 0.25) is 5.79 Å². The molecule has 70 valence electrons. The minimum Gasteiger partial charge on any atom is -0.430 e. The summed E-state index contributed by atoms with van der Waals surface area (Å²) < 4.78 is 10.1. The van der Waals surface area contributed by atoms with Crippen molar-refractivity contribution in [1.29, 1.82) is 0 Å². The van der Waals surface area contributed by atoms with Crippen molar-refractivity contribution in [3.63, 3.8) is 0 Å². The van der Waals surface area contributed by atoms with Crippen LogP contribution in [0.25, 0.3) is 0 Å².